The van der Waals surface area contributed by atoms with E-state index in [4.69, 9.17) is 5.73 Å². The molecular formula is C20H28N4O3. The summed E-state index contributed by atoms with van der Waals surface area (Å²) in [4.78, 5) is 39.1. The summed E-state index contributed by atoms with van der Waals surface area (Å²) in [6.45, 7) is 2.13. The number of piperidine rings is 1. The second-order valence-corrected chi connectivity index (χ2v) is 7.45. The molecule has 7 nitrogen and oxygen atoms in total. The molecule has 0 saturated carbocycles. The van der Waals surface area contributed by atoms with Crippen LogP contribution in [-0.2, 0) is 20.8 Å². The number of rotatable bonds is 6. The van der Waals surface area contributed by atoms with Crippen molar-refractivity contribution in [1.29, 1.82) is 0 Å². The summed E-state index contributed by atoms with van der Waals surface area (Å²) in [6, 6.07) is 8.35. The highest BCUT2D eigenvalue weighted by molar-refractivity contribution is 5.94. The number of hydrogen-bond acceptors (Lipinski definition) is 4. The average Bonchev–Trinajstić information content (AvgIpc) is 3.09. The molecule has 4 atom stereocenters. The summed E-state index contributed by atoms with van der Waals surface area (Å²) in [5.41, 5.74) is 6.74. The maximum Gasteiger partial charge on any atom is 0.246 e. The molecule has 2 aliphatic heterocycles. The van der Waals surface area contributed by atoms with E-state index in [2.05, 4.69) is 10.6 Å². The fourth-order valence-electron chi connectivity index (χ4n) is 3.95. The molecule has 0 aromatic heterocycles. The lowest BCUT2D eigenvalue weighted by Crippen LogP contribution is -2.60. The van der Waals surface area contributed by atoms with Crippen molar-refractivity contribution in [1.82, 2.24) is 15.5 Å². The first-order valence-corrected chi connectivity index (χ1v) is 9.67. The standard InChI is InChI=1S/C20H28N4O3/c1-13(21)18(25)23-16-9-7-15-8-10-17(24(15)20(16)27)19(26)22-12-11-14-5-3-2-4-6-14/h2-6,13,15-17H,7-12,21H2,1H3,(H,22,26)(H,23,25)/t13-,15-,16?,17-/m0/s1. The van der Waals surface area contributed by atoms with Gasteiger partial charge in [0.1, 0.15) is 12.1 Å². The molecule has 7 heteroatoms. The minimum absolute atomic E-state index is 0.0887. The highest BCUT2D eigenvalue weighted by Gasteiger charge is 2.46. The minimum Gasteiger partial charge on any atom is -0.354 e. The topological polar surface area (TPSA) is 105 Å². The van der Waals surface area contributed by atoms with Gasteiger partial charge in [-0.2, -0.15) is 0 Å². The molecule has 2 aliphatic rings. The highest BCUT2D eigenvalue weighted by Crippen LogP contribution is 2.32. The minimum atomic E-state index is -0.661. The predicted octanol–water partition coefficient (Wildman–Crippen LogP) is 0.331. The number of nitrogens with zero attached hydrogens (tertiary/aromatic N) is 1. The molecular weight excluding hydrogens is 344 g/mol. The summed E-state index contributed by atoms with van der Waals surface area (Å²) < 4.78 is 0. The zero-order valence-electron chi connectivity index (χ0n) is 15.7. The van der Waals surface area contributed by atoms with E-state index in [1.54, 1.807) is 11.8 Å². The predicted molar refractivity (Wildman–Crippen MR) is 102 cm³/mol. The van der Waals surface area contributed by atoms with Crippen LogP contribution in [-0.4, -0.2) is 53.3 Å². The van der Waals surface area contributed by atoms with Crippen LogP contribution in [0.3, 0.4) is 0 Å². The molecule has 146 valence electrons. The Labute approximate surface area is 159 Å². The zero-order valence-corrected chi connectivity index (χ0v) is 15.7. The van der Waals surface area contributed by atoms with Gasteiger partial charge in [-0.25, -0.2) is 0 Å². The fraction of sp³-hybridized carbons (Fsp3) is 0.550. The first-order valence-electron chi connectivity index (χ1n) is 9.67. The van der Waals surface area contributed by atoms with Gasteiger partial charge in [0.25, 0.3) is 0 Å². The van der Waals surface area contributed by atoms with Crippen molar-refractivity contribution in [2.45, 2.75) is 63.2 Å². The van der Waals surface area contributed by atoms with Crippen molar-refractivity contribution in [3.8, 4) is 0 Å². The second kappa shape index (κ2) is 8.52. The molecule has 1 aromatic carbocycles. The molecule has 0 bridgehead atoms. The van der Waals surface area contributed by atoms with Crippen molar-refractivity contribution in [3.63, 3.8) is 0 Å². The van der Waals surface area contributed by atoms with Crippen LogP contribution in [0.1, 0.15) is 38.2 Å². The Balaban J connectivity index is 1.57. The molecule has 0 radical (unpaired) electrons. The van der Waals surface area contributed by atoms with Crippen LogP contribution in [0.4, 0.5) is 0 Å². The third kappa shape index (κ3) is 4.47. The Morgan fingerprint density at radius 3 is 2.59 bits per heavy atom. The summed E-state index contributed by atoms with van der Waals surface area (Å²) in [5, 5.41) is 5.68. The van der Waals surface area contributed by atoms with E-state index in [1.807, 2.05) is 30.3 Å². The van der Waals surface area contributed by atoms with E-state index in [9.17, 15) is 14.4 Å². The normalized spacial score (nSPS) is 25.6. The Kier molecular flexibility index (Phi) is 6.11. The molecule has 3 amide bonds. The van der Waals surface area contributed by atoms with E-state index in [1.165, 1.54) is 0 Å². The van der Waals surface area contributed by atoms with Crippen molar-refractivity contribution >= 4 is 17.7 Å². The summed E-state index contributed by atoms with van der Waals surface area (Å²) in [6.07, 6.45) is 3.64. The van der Waals surface area contributed by atoms with E-state index in [0.29, 0.717) is 19.4 Å². The van der Waals surface area contributed by atoms with Gasteiger partial charge in [-0.1, -0.05) is 30.3 Å². The van der Waals surface area contributed by atoms with Gasteiger partial charge in [0, 0.05) is 12.6 Å². The molecule has 1 aromatic rings. The number of fused-ring (bicyclic) bond motifs is 1. The third-order valence-corrected chi connectivity index (χ3v) is 5.43. The number of nitrogens with one attached hydrogen (secondary N) is 2. The van der Waals surface area contributed by atoms with Gasteiger partial charge in [-0.3, -0.25) is 14.4 Å². The summed E-state index contributed by atoms with van der Waals surface area (Å²) >= 11 is 0. The molecule has 3 rings (SSSR count). The van der Waals surface area contributed by atoms with Gasteiger partial charge in [0.15, 0.2) is 0 Å². The molecule has 2 fully saturated rings. The van der Waals surface area contributed by atoms with Crippen molar-refractivity contribution in [2.24, 2.45) is 5.73 Å². The van der Waals surface area contributed by atoms with Gasteiger partial charge < -0.3 is 21.3 Å². The molecule has 2 heterocycles. The molecule has 2 saturated heterocycles. The SMILES string of the molecule is C[C@H](N)C(=O)NC1CC[C@H]2CC[C@@H](C(=O)NCCc3ccccc3)N2C1=O. The number of carbonyl (C=O) groups is 3. The first-order chi connectivity index (χ1) is 13.0. The van der Waals surface area contributed by atoms with Crippen molar-refractivity contribution in [3.05, 3.63) is 35.9 Å². The molecule has 4 N–H and O–H groups in total. The number of benzene rings is 1. The Bertz CT molecular complexity index is 692. The molecule has 0 spiro atoms. The molecule has 0 aliphatic carbocycles. The number of amides is 3. The lowest BCUT2D eigenvalue weighted by Gasteiger charge is -2.38. The maximum absolute atomic E-state index is 12.9. The van der Waals surface area contributed by atoms with Crippen LogP contribution in [0.5, 0.6) is 0 Å². The number of hydrogen-bond donors (Lipinski definition) is 3. The van der Waals surface area contributed by atoms with E-state index < -0.39 is 18.1 Å². The summed E-state index contributed by atoms with van der Waals surface area (Å²) in [5.74, 6) is -0.614. The largest absolute Gasteiger partial charge is 0.354 e. The third-order valence-electron chi connectivity index (χ3n) is 5.43. The fourth-order valence-corrected chi connectivity index (χ4v) is 3.95. The van der Waals surface area contributed by atoms with Crippen LogP contribution < -0.4 is 16.4 Å². The average molecular weight is 372 g/mol. The van der Waals surface area contributed by atoms with E-state index in [0.717, 1.165) is 24.8 Å². The first kappa shape index (κ1) is 19.4. The zero-order chi connectivity index (χ0) is 19.4. The van der Waals surface area contributed by atoms with Gasteiger partial charge in [-0.05, 0) is 44.6 Å². The number of nitrogens with two attached hydrogens (primary N) is 1. The van der Waals surface area contributed by atoms with Crippen molar-refractivity contribution < 1.29 is 14.4 Å². The summed E-state index contributed by atoms with van der Waals surface area (Å²) in [7, 11) is 0. The highest BCUT2D eigenvalue weighted by atomic mass is 16.2. The second-order valence-electron chi connectivity index (χ2n) is 7.45. The number of carbonyl (C=O) groups excluding carboxylic acids is 3. The van der Waals surface area contributed by atoms with Gasteiger partial charge in [0.2, 0.25) is 17.7 Å². The van der Waals surface area contributed by atoms with Crippen LogP contribution >= 0.6 is 0 Å². The molecule has 1 unspecified atom stereocenters. The van der Waals surface area contributed by atoms with E-state index >= 15 is 0 Å². The Morgan fingerprint density at radius 2 is 1.89 bits per heavy atom. The van der Waals surface area contributed by atoms with Crippen LogP contribution in [0.2, 0.25) is 0 Å². The Morgan fingerprint density at radius 1 is 1.19 bits per heavy atom. The van der Waals surface area contributed by atoms with Crippen LogP contribution in [0.15, 0.2) is 30.3 Å². The lowest BCUT2D eigenvalue weighted by molar-refractivity contribution is -0.146. The van der Waals surface area contributed by atoms with Gasteiger partial charge >= 0.3 is 0 Å². The smallest absolute Gasteiger partial charge is 0.246 e. The van der Waals surface area contributed by atoms with Gasteiger partial charge in [0.05, 0.1) is 6.04 Å². The monoisotopic (exact) mass is 372 g/mol. The lowest BCUT2D eigenvalue weighted by atomic mass is 9.97. The van der Waals surface area contributed by atoms with Crippen molar-refractivity contribution in [2.75, 3.05) is 6.54 Å². The Hall–Kier alpha value is -2.41. The van der Waals surface area contributed by atoms with Gasteiger partial charge in [-0.15, -0.1) is 0 Å². The van der Waals surface area contributed by atoms with Crippen LogP contribution in [0.25, 0.3) is 0 Å². The van der Waals surface area contributed by atoms with E-state index in [-0.39, 0.29) is 23.8 Å². The quantitative estimate of drug-likeness (QED) is 0.669. The maximum atomic E-state index is 12.9. The van der Waals surface area contributed by atoms with Crippen LogP contribution in [0, 0.1) is 0 Å². The molecule has 27 heavy (non-hydrogen) atoms.